The molecular weight excluding hydrogens is 192 g/mol. The van der Waals surface area contributed by atoms with Gasteiger partial charge < -0.3 is 9.84 Å². The number of fused-ring (bicyclic) bond motifs is 2. The van der Waals surface area contributed by atoms with Gasteiger partial charge in [0.25, 0.3) is 0 Å². The van der Waals surface area contributed by atoms with E-state index in [0.29, 0.717) is 5.92 Å². The standard InChI is InChI=1S/C12H20O3/c1-8-4-5-9-6-12(8,11(9,2)3)15-7-10(13)14/h8-9H,4-7H2,1-3H3,(H,13,14). The van der Waals surface area contributed by atoms with Gasteiger partial charge in [-0.05, 0) is 36.5 Å². The predicted molar refractivity (Wildman–Crippen MR) is 56.6 cm³/mol. The molecule has 2 bridgehead atoms. The average Bonchev–Trinajstić information content (AvgIpc) is 2.15. The monoisotopic (exact) mass is 212 g/mol. The van der Waals surface area contributed by atoms with Gasteiger partial charge in [-0.1, -0.05) is 20.8 Å². The van der Waals surface area contributed by atoms with Crippen LogP contribution in [0.3, 0.4) is 0 Å². The molecule has 3 nitrogen and oxygen atoms in total. The molecule has 0 aromatic rings. The Morgan fingerprint density at radius 2 is 2.13 bits per heavy atom. The van der Waals surface area contributed by atoms with E-state index in [-0.39, 0.29) is 17.6 Å². The third kappa shape index (κ3) is 1.32. The molecule has 0 aromatic heterocycles. The van der Waals surface area contributed by atoms with Crippen LogP contribution in [0.5, 0.6) is 0 Å². The molecule has 0 aliphatic heterocycles. The SMILES string of the molecule is CC1CCC2CC1(OCC(=O)O)C2(C)C. The van der Waals surface area contributed by atoms with Crippen molar-refractivity contribution in [2.24, 2.45) is 17.3 Å². The van der Waals surface area contributed by atoms with Crippen LogP contribution in [0.1, 0.15) is 40.0 Å². The van der Waals surface area contributed by atoms with Crippen LogP contribution < -0.4 is 0 Å². The highest BCUT2D eigenvalue weighted by molar-refractivity contribution is 5.68. The van der Waals surface area contributed by atoms with Crippen LogP contribution in [0.15, 0.2) is 0 Å². The van der Waals surface area contributed by atoms with E-state index in [0.717, 1.165) is 12.3 Å². The second kappa shape index (κ2) is 3.21. The van der Waals surface area contributed by atoms with Crippen molar-refractivity contribution in [1.82, 2.24) is 0 Å². The third-order valence-electron chi connectivity index (χ3n) is 4.86. The fourth-order valence-corrected chi connectivity index (χ4v) is 3.66. The molecule has 3 unspecified atom stereocenters. The number of carbonyl (C=O) groups is 1. The van der Waals surface area contributed by atoms with Gasteiger partial charge in [-0.15, -0.1) is 0 Å². The first-order valence-corrected chi connectivity index (χ1v) is 5.76. The third-order valence-corrected chi connectivity index (χ3v) is 4.86. The highest BCUT2D eigenvalue weighted by Crippen LogP contribution is 2.65. The van der Waals surface area contributed by atoms with E-state index in [2.05, 4.69) is 20.8 Å². The van der Waals surface area contributed by atoms with Gasteiger partial charge in [-0.3, -0.25) is 0 Å². The highest BCUT2D eigenvalue weighted by atomic mass is 16.5. The molecule has 3 heteroatoms. The van der Waals surface area contributed by atoms with Crippen molar-refractivity contribution >= 4 is 5.97 Å². The lowest BCUT2D eigenvalue weighted by Crippen LogP contribution is -2.68. The second-order valence-electron chi connectivity index (χ2n) is 5.67. The molecule has 3 fully saturated rings. The maximum atomic E-state index is 10.6. The lowest BCUT2D eigenvalue weighted by molar-refractivity contribution is -0.277. The number of hydrogen-bond donors (Lipinski definition) is 1. The molecule has 0 aromatic carbocycles. The molecule has 0 heterocycles. The molecule has 0 spiro atoms. The summed E-state index contributed by atoms with van der Waals surface area (Å²) in [6.07, 6.45) is 3.49. The van der Waals surface area contributed by atoms with Gasteiger partial charge in [0, 0.05) is 0 Å². The summed E-state index contributed by atoms with van der Waals surface area (Å²) >= 11 is 0. The predicted octanol–water partition coefficient (Wildman–Crippen LogP) is 2.30. The van der Waals surface area contributed by atoms with E-state index in [1.165, 1.54) is 12.8 Å². The van der Waals surface area contributed by atoms with E-state index >= 15 is 0 Å². The molecule has 3 saturated carbocycles. The Bertz CT molecular complexity index is 285. The Kier molecular flexibility index (Phi) is 2.34. The summed E-state index contributed by atoms with van der Waals surface area (Å²) < 4.78 is 5.73. The number of carboxylic acid groups (broad SMARTS) is 1. The van der Waals surface area contributed by atoms with Crippen molar-refractivity contribution in [3.8, 4) is 0 Å². The zero-order valence-corrected chi connectivity index (χ0v) is 9.75. The summed E-state index contributed by atoms with van der Waals surface area (Å²) in [5.41, 5.74) is -0.0194. The lowest BCUT2D eigenvalue weighted by atomic mass is 9.42. The van der Waals surface area contributed by atoms with Gasteiger partial charge in [0.2, 0.25) is 0 Å². The number of carboxylic acids is 1. The normalized spacial score (nSPS) is 42.1. The van der Waals surface area contributed by atoms with E-state index in [1.807, 2.05) is 0 Å². The minimum atomic E-state index is -0.860. The van der Waals surface area contributed by atoms with Crippen molar-refractivity contribution < 1.29 is 14.6 Å². The van der Waals surface area contributed by atoms with E-state index in [9.17, 15) is 4.79 Å². The number of rotatable bonds is 3. The quantitative estimate of drug-likeness (QED) is 0.780. The summed E-state index contributed by atoms with van der Waals surface area (Å²) in [5, 5.41) is 8.71. The average molecular weight is 212 g/mol. The molecule has 3 atom stereocenters. The van der Waals surface area contributed by atoms with Gasteiger partial charge in [0.1, 0.15) is 6.61 Å². The first-order valence-electron chi connectivity index (χ1n) is 5.76. The summed E-state index contributed by atoms with van der Waals surface area (Å²) in [5.74, 6) is 0.348. The van der Waals surface area contributed by atoms with Gasteiger partial charge in [0.05, 0.1) is 5.60 Å². The Morgan fingerprint density at radius 3 is 2.60 bits per heavy atom. The molecule has 1 N–H and O–H groups in total. The summed E-state index contributed by atoms with van der Waals surface area (Å²) in [6.45, 7) is 6.48. The Hall–Kier alpha value is -0.570. The Balaban J connectivity index is 2.13. The van der Waals surface area contributed by atoms with Gasteiger partial charge in [-0.25, -0.2) is 4.79 Å². The first kappa shape index (κ1) is 10.9. The molecule has 0 amide bonds. The van der Waals surface area contributed by atoms with Crippen LogP contribution in [-0.2, 0) is 9.53 Å². The van der Waals surface area contributed by atoms with Gasteiger partial charge >= 0.3 is 5.97 Å². The summed E-state index contributed by atoms with van der Waals surface area (Å²) in [4.78, 5) is 10.6. The fourth-order valence-electron chi connectivity index (χ4n) is 3.66. The van der Waals surface area contributed by atoms with Crippen LogP contribution in [0.4, 0.5) is 0 Å². The van der Waals surface area contributed by atoms with E-state index in [1.54, 1.807) is 0 Å². The number of ether oxygens (including phenoxy) is 1. The number of hydrogen-bond acceptors (Lipinski definition) is 2. The fraction of sp³-hybridized carbons (Fsp3) is 0.917. The van der Waals surface area contributed by atoms with E-state index < -0.39 is 5.97 Å². The Labute approximate surface area is 90.8 Å². The van der Waals surface area contributed by atoms with Crippen LogP contribution in [-0.4, -0.2) is 23.3 Å². The molecule has 3 aliphatic rings. The first-order chi connectivity index (χ1) is 6.90. The van der Waals surface area contributed by atoms with Crippen LogP contribution in [0.2, 0.25) is 0 Å². The molecule has 0 radical (unpaired) electrons. The largest absolute Gasteiger partial charge is 0.480 e. The molecule has 15 heavy (non-hydrogen) atoms. The van der Waals surface area contributed by atoms with Crippen LogP contribution >= 0.6 is 0 Å². The summed E-state index contributed by atoms with van der Waals surface area (Å²) in [7, 11) is 0. The smallest absolute Gasteiger partial charge is 0.329 e. The summed E-state index contributed by atoms with van der Waals surface area (Å²) in [6, 6.07) is 0. The zero-order chi connectivity index (χ0) is 11.3. The van der Waals surface area contributed by atoms with Gasteiger partial charge in [-0.2, -0.15) is 0 Å². The topological polar surface area (TPSA) is 46.5 Å². The molecular formula is C12H20O3. The van der Waals surface area contributed by atoms with E-state index in [4.69, 9.17) is 9.84 Å². The van der Waals surface area contributed by atoms with Crippen molar-refractivity contribution in [2.45, 2.75) is 45.6 Å². The molecule has 3 aliphatic carbocycles. The zero-order valence-electron chi connectivity index (χ0n) is 9.75. The minimum Gasteiger partial charge on any atom is -0.480 e. The van der Waals surface area contributed by atoms with Crippen molar-refractivity contribution in [2.75, 3.05) is 6.61 Å². The van der Waals surface area contributed by atoms with Crippen molar-refractivity contribution in [3.63, 3.8) is 0 Å². The van der Waals surface area contributed by atoms with Crippen LogP contribution in [0, 0.1) is 17.3 Å². The van der Waals surface area contributed by atoms with Gasteiger partial charge in [0.15, 0.2) is 0 Å². The minimum absolute atomic E-state index is 0.152. The maximum Gasteiger partial charge on any atom is 0.329 e. The second-order valence-corrected chi connectivity index (χ2v) is 5.67. The molecule has 0 saturated heterocycles. The van der Waals surface area contributed by atoms with Crippen molar-refractivity contribution in [1.29, 1.82) is 0 Å². The van der Waals surface area contributed by atoms with Crippen LogP contribution in [0.25, 0.3) is 0 Å². The van der Waals surface area contributed by atoms with Crippen molar-refractivity contribution in [3.05, 3.63) is 0 Å². The highest BCUT2D eigenvalue weighted by Gasteiger charge is 2.65. The Morgan fingerprint density at radius 1 is 1.47 bits per heavy atom. The maximum absolute atomic E-state index is 10.6. The molecule has 3 rings (SSSR count). The molecule has 86 valence electrons. The number of aliphatic carboxylic acids is 1. The lowest BCUT2D eigenvalue weighted by Gasteiger charge is -2.67.